The van der Waals surface area contributed by atoms with Crippen LogP contribution in [0.2, 0.25) is 5.02 Å². The topological polar surface area (TPSA) is 34.4 Å². The van der Waals surface area contributed by atoms with Gasteiger partial charge < -0.3 is 14.5 Å². The summed E-state index contributed by atoms with van der Waals surface area (Å²) >= 11 is 6.26. The summed E-state index contributed by atoms with van der Waals surface area (Å²) in [5, 5.41) is 4.10. The average Bonchev–Trinajstić information content (AvgIpc) is 2.97. The first-order valence-corrected chi connectivity index (χ1v) is 7.17. The highest BCUT2D eigenvalue weighted by Crippen LogP contribution is 2.39. The molecule has 0 saturated heterocycles. The van der Waals surface area contributed by atoms with Gasteiger partial charge in [-0.15, -0.1) is 0 Å². The van der Waals surface area contributed by atoms with E-state index in [0.717, 1.165) is 46.4 Å². The van der Waals surface area contributed by atoms with Crippen LogP contribution in [0.15, 0.2) is 22.6 Å². The third-order valence-electron chi connectivity index (χ3n) is 3.77. The molecular formula is C16H18ClNO2. The zero-order chi connectivity index (χ0) is 14.3. The van der Waals surface area contributed by atoms with Crippen molar-refractivity contribution in [2.24, 2.45) is 0 Å². The second-order valence-corrected chi connectivity index (χ2v) is 5.61. The van der Waals surface area contributed by atoms with Crippen molar-refractivity contribution in [1.29, 1.82) is 0 Å². The first kappa shape index (κ1) is 13.5. The highest BCUT2D eigenvalue weighted by Gasteiger charge is 2.25. The van der Waals surface area contributed by atoms with E-state index in [2.05, 4.69) is 11.4 Å². The van der Waals surface area contributed by atoms with Crippen LogP contribution < -0.4 is 10.1 Å². The van der Waals surface area contributed by atoms with E-state index in [-0.39, 0.29) is 6.04 Å². The number of nitrogens with one attached hydrogen (secondary N) is 1. The highest BCUT2D eigenvalue weighted by molar-refractivity contribution is 6.30. The van der Waals surface area contributed by atoms with Crippen LogP contribution in [0, 0.1) is 13.8 Å². The van der Waals surface area contributed by atoms with Gasteiger partial charge in [-0.25, -0.2) is 0 Å². The number of ether oxygens (including phenoxy) is 1. The van der Waals surface area contributed by atoms with Crippen molar-refractivity contribution >= 4 is 11.6 Å². The zero-order valence-electron chi connectivity index (χ0n) is 11.9. The molecule has 4 heteroatoms. The van der Waals surface area contributed by atoms with Gasteiger partial charge in [0.2, 0.25) is 0 Å². The third-order valence-corrected chi connectivity index (χ3v) is 3.99. The summed E-state index contributed by atoms with van der Waals surface area (Å²) in [5.74, 6) is 2.80. The monoisotopic (exact) mass is 291 g/mol. The van der Waals surface area contributed by atoms with E-state index in [1.807, 2.05) is 33.0 Å². The van der Waals surface area contributed by atoms with E-state index in [9.17, 15) is 0 Å². The quantitative estimate of drug-likeness (QED) is 0.934. The molecule has 0 bridgehead atoms. The van der Waals surface area contributed by atoms with Crippen LogP contribution in [0.5, 0.6) is 5.75 Å². The van der Waals surface area contributed by atoms with Crippen molar-refractivity contribution in [1.82, 2.24) is 5.32 Å². The van der Waals surface area contributed by atoms with E-state index >= 15 is 0 Å². The molecule has 1 aliphatic rings. The smallest absolute Gasteiger partial charge is 0.127 e. The van der Waals surface area contributed by atoms with Gasteiger partial charge in [0.15, 0.2) is 0 Å². The molecule has 1 aromatic carbocycles. The van der Waals surface area contributed by atoms with Crippen molar-refractivity contribution in [2.45, 2.75) is 26.3 Å². The first-order valence-electron chi connectivity index (χ1n) is 6.79. The molecule has 0 radical (unpaired) electrons. The van der Waals surface area contributed by atoms with Gasteiger partial charge in [-0.1, -0.05) is 11.6 Å². The summed E-state index contributed by atoms with van der Waals surface area (Å²) in [6.45, 7) is 4.67. The number of furan rings is 1. The molecule has 1 atom stereocenters. The van der Waals surface area contributed by atoms with Crippen LogP contribution in [0.25, 0.3) is 0 Å². The van der Waals surface area contributed by atoms with Crippen molar-refractivity contribution in [2.75, 3.05) is 13.7 Å². The van der Waals surface area contributed by atoms with Crippen LogP contribution in [-0.2, 0) is 6.42 Å². The Labute approximate surface area is 123 Å². The normalized spacial score (nSPS) is 15.0. The molecule has 1 aliphatic heterocycles. The maximum atomic E-state index is 6.26. The van der Waals surface area contributed by atoms with Crippen LogP contribution in [-0.4, -0.2) is 13.7 Å². The van der Waals surface area contributed by atoms with E-state index < -0.39 is 0 Å². The maximum Gasteiger partial charge on any atom is 0.127 e. The molecule has 106 valence electrons. The Bertz CT molecular complexity index is 648. The Kier molecular flexibility index (Phi) is 3.48. The molecule has 3 rings (SSSR count). The maximum absolute atomic E-state index is 6.26. The summed E-state index contributed by atoms with van der Waals surface area (Å²) in [6, 6.07) is 6.07. The van der Waals surface area contributed by atoms with E-state index in [0.29, 0.717) is 0 Å². The van der Waals surface area contributed by atoms with Crippen LogP contribution in [0.4, 0.5) is 0 Å². The van der Waals surface area contributed by atoms with E-state index in [4.69, 9.17) is 20.8 Å². The molecule has 0 fully saturated rings. The largest absolute Gasteiger partial charge is 0.493 e. The Morgan fingerprint density at radius 1 is 1.20 bits per heavy atom. The third kappa shape index (κ3) is 2.21. The minimum atomic E-state index is 0.0259. The van der Waals surface area contributed by atoms with Gasteiger partial charge in [-0.05, 0) is 44.7 Å². The van der Waals surface area contributed by atoms with Gasteiger partial charge in [-0.2, -0.15) is 0 Å². The predicted octanol–water partition coefficient (Wildman–Crippen LogP) is 3.79. The molecule has 1 unspecified atom stereocenters. The van der Waals surface area contributed by atoms with Crippen LogP contribution in [0.3, 0.4) is 0 Å². The first-order chi connectivity index (χ1) is 9.60. The second-order valence-electron chi connectivity index (χ2n) is 5.17. The number of halogens is 1. The van der Waals surface area contributed by atoms with Crippen LogP contribution in [0.1, 0.15) is 34.3 Å². The lowest BCUT2D eigenvalue weighted by atomic mass is 9.96. The summed E-state index contributed by atoms with van der Waals surface area (Å²) in [4.78, 5) is 0. The number of hydrogen-bond donors (Lipinski definition) is 1. The molecule has 0 amide bonds. The SMILES string of the molecule is CNC(c1cc(C)oc1C)c1cc(Cl)cc2c1OCC2. The molecule has 3 nitrogen and oxygen atoms in total. The Morgan fingerprint density at radius 2 is 2.00 bits per heavy atom. The van der Waals surface area contributed by atoms with E-state index in [1.165, 1.54) is 5.56 Å². The van der Waals surface area contributed by atoms with Crippen LogP contribution >= 0.6 is 11.6 Å². The lowest BCUT2D eigenvalue weighted by molar-refractivity contribution is 0.351. The molecule has 0 saturated carbocycles. The van der Waals surface area contributed by atoms with Crippen molar-refractivity contribution in [3.8, 4) is 5.75 Å². The van der Waals surface area contributed by atoms with Crippen molar-refractivity contribution < 1.29 is 9.15 Å². The second kappa shape index (κ2) is 5.15. The fourth-order valence-electron chi connectivity index (χ4n) is 2.93. The number of rotatable bonds is 3. The van der Waals surface area contributed by atoms with Crippen molar-refractivity contribution in [3.63, 3.8) is 0 Å². The van der Waals surface area contributed by atoms with Gasteiger partial charge in [0.1, 0.15) is 17.3 Å². The summed E-state index contributed by atoms with van der Waals surface area (Å²) in [5.41, 5.74) is 3.40. The number of fused-ring (bicyclic) bond motifs is 1. The zero-order valence-corrected chi connectivity index (χ0v) is 12.7. The lowest BCUT2D eigenvalue weighted by Gasteiger charge is -2.19. The molecule has 2 heterocycles. The fraction of sp³-hybridized carbons (Fsp3) is 0.375. The van der Waals surface area contributed by atoms with Gasteiger partial charge in [0.05, 0.1) is 12.6 Å². The van der Waals surface area contributed by atoms with E-state index in [1.54, 1.807) is 0 Å². The molecule has 0 spiro atoms. The summed E-state index contributed by atoms with van der Waals surface area (Å²) in [7, 11) is 1.94. The Balaban J connectivity index is 2.13. The predicted molar refractivity (Wildman–Crippen MR) is 79.7 cm³/mol. The van der Waals surface area contributed by atoms with Gasteiger partial charge in [0.25, 0.3) is 0 Å². The van der Waals surface area contributed by atoms with Gasteiger partial charge >= 0.3 is 0 Å². The van der Waals surface area contributed by atoms with Gasteiger partial charge in [-0.3, -0.25) is 0 Å². The number of aryl methyl sites for hydroxylation is 2. The fourth-order valence-corrected chi connectivity index (χ4v) is 3.18. The van der Waals surface area contributed by atoms with Crippen molar-refractivity contribution in [3.05, 3.63) is 51.4 Å². The molecule has 2 aromatic rings. The number of benzene rings is 1. The summed E-state index contributed by atoms with van der Waals surface area (Å²) in [6.07, 6.45) is 0.919. The van der Waals surface area contributed by atoms with Gasteiger partial charge in [0, 0.05) is 22.6 Å². The average molecular weight is 292 g/mol. The molecule has 1 N–H and O–H groups in total. The number of hydrogen-bond acceptors (Lipinski definition) is 3. The Hall–Kier alpha value is -1.45. The molecular weight excluding hydrogens is 274 g/mol. The minimum absolute atomic E-state index is 0.0259. The molecule has 20 heavy (non-hydrogen) atoms. The highest BCUT2D eigenvalue weighted by atomic mass is 35.5. The molecule has 1 aromatic heterocycles. The lowest BCUT2D eigenvalue weighted by Crippen LogP contribution is -2.18. The minimum Gasteiger partial charge on any atom is -0.493 e. The summed E-state index contributed by atoms with van der Waals surface area (Å²) < 4.78 is 11.5. The Morgan fingerprint density at radius 3 is 2.65 bits per heavy atom. The standard InChI is InChI=1S/C16H18ClNO2/c1-9-6-13(10(2)20-9)15(18-3)14-8-12(17)7-11-4-5-19-16(11)14/h6-8,15,18H,4-5H2,1-3H3. The molecule has 0 aliphatic carbocycles.